The summed E-state index contributed by atoms with van der Waals surface area (Å²) in [6, 6.07) is 12.3. The minimum atomic E-state index is -3.95. The number of nitrogens with one attached hydrogen (secondary N) is 1. The van der Waals surface area contributed by atoms with Gasteiger partial charge in [-0.3, -0.25) is 4.79 Å². The number of nitrogens with zero attached hydrogens (tertiary/aromatic N) is 3. The lowest BCUT2D eigenvalue weighted by atomic mass is 9.96. The lowest BCUT2D eigenvalue weighted by Crippen LogP contribution is -2.44. The number of benzene rings is 2. The van der Waals surface area contributed by atoms with Crippen LogP contribution in [0.15, 0.2) is 65.8 Å². The Kier molecular flexibility index (Phi) is 6.99. The quantitative estimate of drug-likeness (QED) is 0.554. The molecule has 1 N–H and O–H groups in total. The molecule has 34 heavy (non-hydrogen) atoms. The molecule has 1 aliphatic heterocycles. The van der Waals surface area contributed by atoms with E-state index in [2.05, 4.69) is 10.3 Å². The SMILES string of the molecule is COc1ccc([C@@H](NC(=O)C2CCN(S(=O)(=O)c3ccccc3F)CC2)c2nccn2C)cc1. The van der Waals surface area contributed by atoms with Crippen LogP contribution in [0.2, 0.25) is 0 Å². The van der Waals surface area contributed by atoms with E-state index >= 15 is 0 Å². The molecule has 0 spiro atoms. The fourth-order valence-corrected chi connectivity index (χ4v) is 5.69. The maximum Gasteiger partial charge on any atom is 0.245 e. The van der Waals surface area contributed by atoms with E-state index in [1.807, 2.05) is 42.1 Å². The van der Waals surface area contributed by atoms with E-state index in [9.17, 15) is 17.6 Å². The van der Waals surface area contributed by atoms with Crippen LogP contribution >= 0.6 is 0 Å². The zero-order chi connectivity index (χ0) is 24.3. The standard InChI is InChI=1S/C24H27FN4O4S/c1-28-16-13-26-23(28)22(17-7-9-19(33-2)10-8-17)27-24(30)18-11-14-29(15-12-18)34(31,32)21-6-4-3-5-20(21)25/h3-10,13,16,18,22H,11-12,14-15H2,1-2H3,(H,27,30)/t22-/m1/s1. The van der Waals surface area contributed by atoms with Gasteiger partial charge in [0.15, 0.2) is 0 Å². The predicted molar refractivity (Wildman–Crippen MR) is 124 cm³/mol. The molecule has 1 amide bonds. The molecule has 10 heteroatoms. The lowest BCUT2D eigenvalue weighted by molar-refractivity contribution is -0.126. The second-order valence-electron chi connectivity index (χ2n) is 8.22. The molecule has 4 rings (SSSR count). The normalized spacial score (nSPS) is 16.2. The van der Waals surface area contributed by atoms with Gasteiger partial charge >= 0.3 is 0 Å². The van der Waals surface area contributed by atoms with Crippen LogP contribution < -0.4 is 10.1 Å². The van der Waals surface area contributed by atoms with Crippen molar-refractivity contribution in [1.29, 1.82) is 0 Å². The summed E-state index contributed by atoms with van der Waals surface area (Å²) < 4.78 is 48.1. The first-order chi connectivity index (χ1) is 16.3. The zero-order valence-corrected chi connectivity index (χ0v) is 19.8. The number of aromatic nitrogens is 2. The van der Waals surface area contributed by atoms with Gasteiger partial charge in [0.2, 0.25) is 15.9 Å². The van der Waals surface area contributed by atoms with Crippen LogP contribution in [-0.2, 0) is 21.9 Å². The number of methoxy groups -OCH3 is 1. The summed E-state index contributed by atoms with van der Waals surface area (Å²) in [5.74, 6) is 0.0646. The van der Waals surface area contributed by atoms with E-state index in [0.717, 1.165) is 11.6 Å². The van der Waals surface area contributed by atoms with Gasteiger partial charge < -0.3 is 14.6 Å². The number of carbonyl (C=O) groups is 1. The molecule has 180 valence electrons. The van der Waals surface area contributed by atoms with Crippen molar-refractivity contribution in [2.75, 3.05) is 20.2 Å². The van der Waals surface area contributed by atoms with Crippen molar-refractivity contribution >= 4 is 15.9 Å². The molecular formula is C24H27FN4O4S. The summed E-state index contributed by atoms with van der Waals surface area (Å²) in [4.78, 5) is 17.3. The Bertz CT molecular complexity index is 1250. The van der Waals surface area contributed by atoms with Crippen LogP contribution in [-0.4, -0.2) is 48.4 Å². The molecule has 2 aromatic carbocycles. The first-order valence-corrected chi connectivity index (χ1v) is 12.4. The van der Waals surface area contributed by atoms with E-state index in [4.69, 9.17) is 4.74 Å². The number of carbonyl (C=O) groups excluding carboxylic acids is 1. The fourth-order valence-electron chi connectivity index (χ4n) is 4.16. The van der Waals surface area contributed by atoms with Gasteiger partial charge in [-0.05, 0) is 42.7 Å². The number of ether oxygens (including phenoxy) is 1. The average Bonchev–Trinajstić information content (AvgIpc) is 3.28. The minimum Gasteiger partial charge on any atom is -0.497 e. The van der Waals surface area contributed by atoms with Crippen LogP contribution in [0.4, 0.5) is 4.39 Å². The third kappa shape index (κ3) is 4.83. The smallest absolute Gasteiger partial charge is 0.245 e. The van der Waals surface area contributed by atoms with Crippen LogP contribution in [0.25, 0.3) is 0 Å². The van der Waals surface area contributed by atoms with E-state index < -0.39 is 21.9 Å². The number of amides is 1. The Morgan fingerprint density at radius 1 is 1.15 bits per heavy atom. The Hall–Kier alpha value is -3.24. The molecule has 3 aromatic rings. The van der Waals surface area contributed by atoms with Gasteiger partial charge in [0.05, 0.1) is 7.11 Å². The number of hydrogen-bond acceptors (Lipinski definition) is 5. The largest absolute Gasteiger partial charge is 0.497 e. The molecule has 0 aliphatic carbocycles. The molecule has 8 nitrogen and oxygen atoms in total. The maximum absolute atomic E-state index is 14.1. The monoisotopic (exact) mass is 486 g/mol. The van der Waals surface area contributed by atoms with Gasteiger partial charge in [-0.15, -0.1) is 0 Å². The van der Waals surface area contributed by atoms with Gasteiger partial charge in [0.1, 0.15) is 28.3 Å². The van der Waals surface area contributed by atoms with Crippen molar-refractivity contribution in [3.63, 3.8) is 0 Å². The second kappa shape index (κ2) is 9.94. The summed E-state index contributed by atoms with van der Waals surface area (Å²) in [6.07, 6.45) is 4.17. The summed E-state index contributed by atoms with van der Waals surface area (Å²) >= 11 is 0. The molecular weight excluding hydrogens is 459 g/mol. The van der Waals surface area contributed by atoms with Crippen molar-refractivity contribution in [3.8, 4) is 5.75 Å². The van der Waals surface area contributed by atoms with Crippen molar-refractivity contribution in [2.24, 2.45) is 13.0 Å². The Morgan fingerprint density at radius 2 is 1.82 bits per heavy atom. The highest BCUT2D eigenvalue weighted by Gasteiger charge is 2.34. The molecule has 0 radical (unpaired) electrons. The number of imidazole rings is 1. The van der Waals surface area contributed by atoms with Crippen molar-refractivity contribution in [2.45, 2.75) is 23.8 Å². The number of halogens is 1. The predicted octanol–water partition coefficient (Wildman–Crippen LogP) is 2.87. The van der Waals surface area contributed by atoms with Gasteiger partial charge in [-0.1, -0.05) is 24.3 Å². The average molecular weight is 487 g/mol. The number of aryl methyl sites for hydroxylation is 1. The van der Waals surface area contributed by atoms with Crippen molar-refractivity contribution in [1.82, 2.24) is 19.2 Å². The number of rotatable bonds is 7. The molecule has 0 saturated carbocycles. The van der Waals surface area contributed by atoms with E-state index in [-0.39, 0.29) is 29.8 Å². The van der Waals surface area contributed by atoms with E-state index in [1.165, 1.54) is 22.5 Å². The van der Waals surface area contributed by atoms with Gasteiger partial charge in [0, 0.05) is 38.4 Å². The Morgan fingerprint density at radius 3 is 2.41 bits per heavy atom. The van der Waals surface area contributed by atoms with Crippen LogP contribution in [0.3, 0.4) is 0 Å². The number of hydrogen-bond donors (Lipinski definition) is 1. The van der Waals surface area contributed by atoms with Crippen LogP contribution in [0.5, 0.6) is 5.75 Å². The van der Waals surface area contributed by atoms with Gasteiger partial charge in [-0.2, -0.15) is 4.31 Å². The molecule has 1 aliphatic rings. The fraction of sp³-hybridized carbons (Fsp3) is 0.333. The van der Waals surface area contributed by atoms with Crippen LogP contribution in [0.1, 0.15) is 30.3 Å². The first kappa shape index (κ1) is 23.9. The van der Waals surface area contributed by atoms with E-state index in [0.29, 0.717) is 24.4 Å². The van der Waals surface area contributed by atoms with Crippen LogP contribution in [0, 0.1) is 11.7 Å². The molecule has 1 aromatic heterocycles. The highest BCUT2D eigenvalue weighted by atomic mass is 32.2. The highest BCUT2D eigenvalue weighted by Crippen LogP contribution is 2.28. The summed E-state index contributed by atoms with van der Waals surface area (Å²) in [6.45, 7) is 0.286. The zero-order valence-electron chi connectivity index (χ0n) is 19.0. The van der Waals surface area contributed by atoms with Crippen molar-refractivity contribution in [3.05, 3.63) is 78.1 Å². The van der Waals surface area contributed by atoms with Gasteiger partial charge in [0.25, 0.3) is 0 Å². The molecule has 1 fully saturated rings. The van der Waals surface area contributed by atoms with Crippen molar-refractivity contribution < 1.29 is 22.3 Å². The molecule has 0 unspecified atom stereocenters. The summed E-state index contributed by atoms with van der Waals surface area (Å²) in [5, 5.41) is 3.09. The first-order valence-electron chi connectivity index (χ1n) is 11.0. The Balaban J connectivity index is 1.47. The summed E-state index contributed by atoms with van der Waals surface area (Å²) in [5.41, 5.74) is 0.850. The Labute approximate surface area is 198 Å². The minimum absolute atomic E-state index is 0.143. The second-order valence-corrected chi connectivity index (χ2v) is 10.1. The third-order valence-electron chi connectivity index (χ3n) is 6.13. The third-order valence-corrected chi connectivity index (χ3v) is 8.06. The molecule has 0 bridgehead atoms. The maximum atomic E-state index is 14.1. The number of sulfonamides is 1. The number of piperidine rings is 1. The lowest BCUT2D eigenvalue weighted by Gasteiger charge is -2.31. The molecule has 1 atom stereocenters. The topological polar surface area (TPSA) is 93.5 Å². The van der Waals surface area contributed by atoms with E-state index in [1.54, 1.807) is 13.3 Å². The van der Waals surface area contributed by atoms with Gasteiger partial charge in [-0.25, -0.2) is 17.8 Å². The molecule has 1 saturated heterocycles. The molecule has 2 heterocycles. The summed E-state index contributed by atoms with van der Waals surface area (Å²) in [7, 11) is -0.507. The highest BCUT2D eigenvalue weighted by molar-refractivity contribution is 7.89.